The van der Waals surface area contributed by atoms with Crippen LogP contribution in [0.2, 0.25) is 5.02 Å². The maximum absolute atomic E-state index is 13.4. The number of methoxy groups -OCH3 is 1. The molecule has 1 N–H and O–H groups in total. The van der Waals surface area contributed by atoms with Crippen molar-refractivity contribution in [1.82, 2.24) is 4.57 Å². The second-order valence-corrected chi connectivity index (χ2v) is 8.47. The van der Waals surface area contributed by atoms with Crippen molar-refractivity contribution in [3.05, 3.63) is 101 Å². The molecule has 2 heterocycles. The van der Waals surface area contributed by atoms with Gasteiger partial charge in [-0.15, -0.1) is 0 Å². The Morgan fingerprint density at radius 2 is 1.71 bits per heavy atom. The van der Waals surface area contributed by atoms with Gasteiger partial charge in [0.1, 0.15) is 11.5 Å². The summed E-state index contributed by atoms with van der Waals surface area (Å²) in [7, 11) is 3.40. The molecule has 1 atom stereocenters. The number of aromatic nitrogens is 1. The van der Waals surface area contributed by atoms with Gasteiger partial charge in [0, 0.05) is 41.0 Å². The second kappa shape index (κ2) is 8.39. The topological polar surface area (TPSA) is 71.8 Å². The number of ketones is 1. The maximum atomic E-state index is 13.4. The Morgan fingerprint density at radius 3 is 2.41 bits per heavy atom. The predicted molar refractivity (Wildman–Crippen MR) is 132 cm³/mol. The number of ether oxygens (including phenoxy) is 1. The molecule has 0 spiro atoms. The number of aryl methyl sites for hydroxylation is 1. The number of benzene rings is 3. The third-order valence-corrected chi connectivity index (χ3v) is 6.42. The van der Waals surface area contributed by atoms with Crippen molar-refractivity contribution in [1.29, 1.82) is 0 Å². The number of carbonyl (C=O) groups excluding carboxylic acids is 2. The van der Waals surface area contributed by atoms with E-state index in [1.165, 1.54) is 18.1 Å². The average molecular weight is 473 g/mol. The first-order valence-electron chi connectivity index (χ1n) is 10.7. The highest BCUT2D eigenvalue weighted by Crippen LogP contribution is 2.45. The molecule has 0 saturated carbocycles. The molecule has 0 bridgehead atoms. The lowest BCUT2D eigenvalue weighted by atomic mass is 9.94. The van der Waals surface area contributed by atoms with Crippen molar-refractivity contribution in [2.24, 2.45) is 7.05 Å². The van der Waals surface area contributed by atoms with Gasteiger partial charge in [-0.05, 0) is 36.4 Å². The number of fused-ring (bicyclic) bond motifs is 1. The van der Waals surface area contributed by atoms with E-state index in [-0.39, 0.29) is 16.4 Å². The number of hydrogen-bond donors (Lipinski definition) is 1. The summed E-state index contributed by atoms with van der Waals surface area (Å²) in [6.45, 7) is 0. The molecule has 1 aromatic heterocycles. The number of rotatable bonds is 4. The first-order chi connectivity index (χ1) is 16.4. The molecule has 7 heteroatoms. The van der Waals surface area contributed by atoms with Gasteiger partial charge in [-0.3, -0.25) is 14.5 Å². The Bertz CT molecular complexity index is 1470. The fraction of sp³-hybridized carbons (Fsp3) is 0.111. The molecule has 5 rings (SSSR count). The highest BCUT2D eigenvalue weighted by Gasteiger charge is 2.47. The summed E-state index contributed by atoms with van der Waals surface area (Å²) in [5, 5.41) is 12.5. The summed E-state index contributed by atoms with van der Waals surface area (Å²) in [4.78, 5) is 28.1. The molecule has 1 amide bonds. The first-order valence-corrected chi connectivity index (χ1v) is 11.0. The Balaban J connectivity index is 1.79. The van der Waals surface area contributed by atoms with Crippen LogP contribution in [0.3, 0.4) is 0 Å². The van der Waals surface area contributed by atoms with Crippen molar-refractivity contribution in [2.75, 3.05) is 12.0 Å². The molecular formula is C27H21ClN2O4. The SMILES string of the molecule is COc1ccc(/C(O)=C2\C(=O)C(=O)N(c3ccccc3)C2c2cn(C)c3ccccc23)cc1Cl. The van der Waals surface area contributed by atoms with Crippen molar-refractivity contribution < 1.29 is 19.4 Å². The summed E-state index contributed by atoms with van der Waals surface area (Å²) < 4.78 is 7.14. The third kappa shape index (κ3) is 3.35. The van der Waals surface area contributed by atoms with Gasteiger partial charge in [-0.1, -0.05) is 48.0 Å². The van der Waals surface area contributed by atoms with Crippen LogP contribution >= 0.6 is 11.6 Å². The highest BCUT2D eigenvalue weighted by atomic mass is 35.5. The molecule has 1 unspecified atom stereocenters. The number of halogens is 1. The fourth-order valence-corrected chi connectivity index (χ4v) is 4.80. The van der Waals surface area contributed by atoms with Gasteiger partial charge >= 0.3 is 0 Å². The number of carbonyl (C=O) groups is 2. The van der Waals surface area contributed by atoms with Crippen LogP contribution in [0, 0.1) is 0 Å². The van der Waals surface area contributed by atoms with Crippen LogP contribution in [-0.2, 0) is 16.6 Å². The van der Waals surface area contributed by atoms with Crippen molar-refractivity contribution >= 4 is 45.6 Å². The van der Waals surface area contributed by atoms with Gasteiger partial charge in [0.25, 0.3) is 11.7 Å². The van der Waals surface area contributed by atoms with E-state index in [2.05, 4.69) is 0 Å². The van der Waals surface area contributed by atoms with Crippen molar-refractivity contribution in [2.45, 2.75) is 6.04 Å². The van der Waals surface area contributed by atoms with E-state index >= 15 is 0 Å². The fourth-order valence-electron chi connectivity index (χ4n) is 4.54. The van der Waals surface area contributed by atoms with Gasteiger partial charge in [-0.2, -0.15) is 0 Å². The van der Waals surface area contributed by atoms with E-state index < -0.39 is 17.7 Å². The van der Waals surface area contributed by atoms with Crippen LogP contribution in [0.15, 0.2) is 84.6 Å². The smallest absolute Gasteiger partial charge is 0.300 e. The summed E-state index contributed by atoms with van der Waals surface area (Å²) in [5.41, 5.74) is 2.58. The minimum Gasteiger partial charge on any atom is -0.507 e. The van der Waals surface area contributed by atoms with E-state index in [0.29, 0.717) is 17.0 Å². The zero-order valence-corrected chi connectivity index (χ0v) is 19.3. The summed E-state index contributed by atoms with van der Waals surface area (Å²) >= 11 is 6.28. The quantitative estimate of drug-likeness (QED) is 0.243. The number of aliphatic hydroxyl groups excluding tert-OH is 1. The second-order valence-electron chi connectivity index (χ2n) is 8.07. The zero-order chi connectivity index (χ0) is 24.0. The van der Waals surface area contributed by atoms with E-state index in [1.807, 2.05) is 48.1 Å². The third-order valence-electron chi connectivity index (χ3n) is 6.13. The first kappa shape index (κ1) is 21.8. The molecule has 34 heavy (non-hydrogen) atoms. The maximum Gasteiger partial charge on any atom is 0.300 e. The van der Waals surface area contributed by atoms with Gasteiger partial charge in [0.2, 0.25) is 0 Å². The lowest BCUT2D eigenvalue weighted by Crippen LogP contribution is -2.29. The molecule has 1 fully saturated rings. The van der Waals surface area contributed by atoms with Crippen LogP contribution in [0.4, 0.5) is 5.69 Å². The minimum absolute atomic E-state index is 0.00596. The number of anilines is 1. The van der Waals surface area contributed by atoms with Gasteiger partial charge < -0.3 is 14.4 Å². The van der Waals surface area contributed by atoms with E-state index in [4.69, 9.17) is 16.3 Å². The zero-order valence-electron chi connectivity index (χ0n) is 18.5. The lowest BCUT2D eigenvalue weighted by molar-refractivity contribution is -0.132. The van der Waals surface area contributed by atoms with Gasteiger partial charge in [0.15, 0.2) is 0 Å². The Labute approximate surface area is 201 Å². The Kier molecular flexibility index (Phi) is 5.38. The molecule has 170 valence electrons. The monoisotopic (exact) mass is 472 g/mol. The largest absolute Gasteiger partial charge is 0.507 e. The highest BCUT2D eigenvalue weighted by molar-refractivity contribution is 6.52. The van der Waals surface area contributed by atoms with Crippen LogP contribution < -0.4 is 9.64 Å². The number of hydrogen-bond acceptors (Lipinski definition) is 4. The molecule has 4 aromatic rings. The number of amides is 1. The van der Waals surface area contributed by atoms with Crippen LogP contribution in [-0.4, -0.2) is 28.5 Å². The summed E-state index contributed by atoms with van der Waals surface area (Å²) in [6, 6.07) is 20.7. The summed E-state index contributed by atoms with van der Waals surface area (Å²) in [5.74, 6) is -1.32. The molecule has 0 aliphatic carbocycles. The van der Waals surface area contributed by atoms with Crippen LogP contribution in [0.25, 0.3) is 16.7 Å². The lowest BCUT2D eigenvalue weighted by Gasteiger charge is -2.25. The molecule has 0 radical (unpaired) electrons. The normalized spacial score (nSPS) is 17.5. The average Bonchev–Trinajstić information content (AvgIpc) is 3.32. The molecule has 6 nitrogen and oxygen atoms in total. The van der Waals surface area contributed by atoms with Crippen molar-refractivity contribution in [3.8, 4) is 5.75 Å². The summed E-state index contributed by atoms with van der Waals surface area (Å²) in [6.07, 6.45) is 1.89. The van der Waals surface area contributed by atoms with Crippen LogP contribution in [0.1, 0.15) is 17.2 Å². The predicted octanol–water partition coefficient (Wildman–Crippen LogP) is 5.47. The Hall–Kier alpha value is -4.03. The Morgan fingerprint density at radius 1 is 1.00 bits per heavy atom. The van der Waals surface area contributed by atoms with E-state index in [0.717, 1.165) is 16.5 Å². The molecule has 1 saturated heterocycles. The standard InChI is InChI=1S/C27H21ClN2O4/c1-29-15-19(18-10-6-7-11-21(18)29)24-23(25(31)16-12-13-22(34-2)20(28)14-16)26(32)27(33)30(24)17-8-4-3-5-9-17/h3-15,24,31H,1-2H3/b25-23+. The molecule has 1 aliphatic rings. The number of para-hydroxylation sites is 2. The molecule has 1 aliphatic heterocycles. The van der Waals surface area contributed by atoms with Crippen molar-refractivity contribution in [3.63, 3.8) is 0 Å². The van der Waals surface area contributed by atoms with Gasteiger partial charge in [0.05, 0.1) is 23.7 Å². The number of nitrogens with zero attached hydrogens (tertiary/aromatic N) is 2. The molecular weight excluding hydrogens is 452 g/mol. The van der Waals surface area contributed by atoms with Gasteiger partial charge in [-0.25, -0.2) is 0 Å². The van der Waals surface area contributed by atoms with Crippen LogP contribution in [0.5, 0.6) is 5.75 Å². The van der Waals surface area contributed by atoms with E-state index in [1.54, 1.807) is 36.4 Å². The molecule has 3 aromatic carbocycles. The van der Waals surface area contributed by atoms with E-state index in [9.17, 15) is 14.7 Å². The number of Topliss-reactive ketones (excluding diaryl/α,β-unsaturated/α-hetero) is 1. The minimum atomic E-state index is -0.825. The number of aliphatic hydroxyl groups is 1.